The standard InChI is InChI=1S/C33H40O3/c1-23(9-7-10-24(2)13-19-30-25(3)11-8-20-33(30,4)5)12-18-29-31(34)21-27(22-32(29)35)26-14-16-28(36-6)17-15-26/h7,9-10,12-19,27H,8,11,20-22H2,1-6H3/b9-7+,19-13+,23-12+,24-10+,29-18?. The fourth-order valence-electron chi connectivity index (χ4n) is 5.10. The highest BCUT2D eigenvalue weighted by Gasteiger charge is 2.31. The largest absolute Gasteiger partial charge is 0.497 e. The number of carbonyl (C=O) groups is 2. The summed E-state index contributed by atoms with van der Waals surface area (Å²) in [7, 11) is 1.62. The third-order valence-electron chi connectivity index (χ3n) is 7.34. The van der Waals surface area contributed by atoms with Gasteiger partial charge in [-0.1, -0.05) is 79.2 Å². The van der Waals surface area contributed by atoms with Gasteiger partial charge in [-0.05, 0) is 80.7 Å². The maximum atomic E-state index is 12.7. The summed E-state index contributed by atoms with van der Waals surface area (Å²) in [4.78, 5) is 25.4. The molecule has 1 aromatic carbocycles. The molecule has 0 atom stereocenters. The van der Waals surface area contributed by atoms with E-state index in [-0.39, 0.29) is 22.9 Å². The lowest BCUT2D eigenvalue weighted by molar-refractivity contribution is -0.124. The molecule has 1 fully saturated rings. The van der Waals surface area contributed by atoms with Gasteiger partial charge in [0.1, 0.15) is 5.75 Å². The Morgan fingerprint density at radius 2 is 1.61 bits per heavy atom. The first-order valence-electron chi connectivity index (χ1n) is 12.9. The second kappa shape index (κ2) is 12.2. The van der Waals surface area contributed by atoms with Gasteiger partial charge in [0.2, 0.25) is 0 Å². The minimum atomic E-state index is -0.0868. The Kier molecular flexibility index (Phi) is 9.25. The smallest absolute Gasteiger partial charge is 0.167 e. The predicted molar refractivity (Wildman–Crippen MR) is 149 cm³/mol. The van der Waals surface area contributed by atoms with Crippen molar-refractivity contribution in [1.82, 2.24) is 0 Å². The predicted octanol–water partition coefficient (Wildman–Crippen LogP) is 8.17. The summed E-state index contributed by atoms with van der Waals surface area (Å²) >= 11 is 0. The van der Waals surface area contributed by atoms with Gasteiger partial charge >= 0.3 is 0 Å². The molecule has 0 radical (unpaired) electrons. The third-order valence-corrected chi connectivity index (χ3v) is 7.34. The number of ketones is 2. The maximum Gasteiger partial charge on any atom is 0.167 e. The van der Waals surface area contributed by atoms with E-state index in [1.807, 2.05) is 49.4 Å². The van der Waals surface area contributed by atoms with Crippen molar-refractivity contribution in [3.8, 4) is 5.75 Å². The first kappa shape index (κ1) is 27.4. The van der Waals surface area contributed by atoms with Crippen molar-refractivity contribution in [3.05, 3.63) is 100 Å². The normalized spacial score (nSPS) is 21.6. The molecule has 2 aliphatic rings. The van der Waals surface area contributed by atoms with Gasteiger partial charge in [0.25, 0.3) is 0 Å². The molecule has 0 spiro atoms. The average molecular weight is 485 g/mol. The SMILES string of the molecule is COc1ccc(C2CC(=O)C(=C/C=C(C)/C=C/C=C(C)/C=C/C3=C(C)CCCC3(C)C)C(=O)C2)cc1. The van der Waals surface area contributed by atoms with Crippen LogP contribution in [0.25, 0.3) is 0 Å². The Labute approximate surface area is 217 Å². The summed E-state index contributed by atoms with van der Waals surface area (Å²) in [6, 6.07) is 7.61. The summed E-state index contributed by atoms with van der Waals surface area (Å²) in [5, 5.41) is 0. The van der Waals surface area contributed by atoms with Crippen LogP contribution in [0.5, 0.6) is 5.75 Å². The van der Waals surface area contributed by atoms with E-state index in [1.54, 1.807) is 13.2 Å². The number of carbonyl (C=O) groups excluding carboxylic acids is 2. The quantitative estimate of drug-likeness (QED) is 0.223. The van der Waals surface area contributed by atoms with Crippen LogP contribution in [-0.2, 0) is 9.59 Å². The molecule has 3 rings (SSSR count). The lowest BCUT2D eigenvalue weighted by Gasteiger charge is -2.32. The fourth-order valence-corrected chi connectivity index (χ4v) is 5.10. The lowest BCUT2D eigenvalue weighted by Crippen LogP contribution is -2.24. The van der Waals surface area contributed by atoms with Crippen LogP contribution in [0, 0.1) is 5.41 Å². The molecular formula is C33H40O3. The molecule has 0 bridgehead atoms. The van der Waals surface area contributed by atoms with Gasteiger partial charge in [0.05, 0.1) is 12.7 Å². The van der Waals surface area contributed by atoms with Crippen LogP contribution in [-0.4, -0.2) is 18.7 Å². The Morgan fingerprint density at radius 1 is 0.972 bits per heavy atom. The number of ether oxygens (including phenoxy) is 1. The van der Waals surface area contributed by atoms with Gasteiger partial charge in [-0.2, -0.15) is 0 Å². The van der Waals surface area contributed by atoms with Crippen molar-refractivity contribution in [3.63, 3.8) is 0 Å². The summed E-state index contributed by atoms with van der Waals surface area (Å²) in [6.07, 6.45) is 18.5. The highest BCUT2D eigenvalue weighted by Crippen LogP contribution is 2.40. The van der Waals surface area contributed by atoms with Crippen LogP contribution in [0.2, 0.25) is 0 Å². The fraction of sp³-hybridized carbons (Fsp3) is 0.394. The van der Waals surface area contributed by atoms with Crippen molar-refractivity contribution in [2.45, 2.75) is 72.6 Å². The molecule has 2 aliphatic carbocycles. The molecule has 0 amide bonds. The van der Waals surface area contributed by atoms with E-state index in [0.29, 0.717) is 18.4 Å². The number of methoxy groups -OCH3 is 1. The molecule has 0 unspecified atom stereocenters. The van der Waals surface area contributed by atoms with Crippen molar-refractivity contribution in [1.29, 1.82) is 0 Å². The van der Waals surface area contributed by atoms with Crippen molar-refractivity contribution in [2.24, 2.45) is 5.41 Å². The molecule has 190 valence electrons. The summed E-state index contributed by atoms with van der Waals surface area (Å²) in [5.41, 5.74) is 6.68. The van der Waals surface area contributed by atoms with Crippen molar-refractivity contribution >= 4 is 11.6 Å². The molecule has 0 aliphatic heterocycles. The third kappa shape index (κ3) is 7.16. The Bertz CT molecular complexity index is 1140. The Hall–Kier alpha value is -3.20. The molecule has 1 aromatic rings. The zero-order chi connectivity index (χ0) is 26.3. The number of hydrogen-bond donors (Lipinski definition) is 0. The summed E-state index contributed by atoms with van der Waals surface area (Å²) in [5.74, 6) is 0.522. The lowest BCUT2D eigenvalue weighted by atomic mass is 9.72. The van der Waals surface area contributed by atoms with Gasteiger partial charge in [0, 0.05) is 12.8 Å². The van der Waals surface area contributed by atoms with E-state index in [2.05, 4.69) is 45.9 Å². The molecule has 0 saturated heterocycles. The summed E-state index contributed by atoms with van der Waals surface area (Å²) in [6.45, 7) is 11.0. The van der Waals surface area contributed by atoms with Crippen LogP contribution in [0.1, 0.15) is 78.2 Å². The van der Waals surface area contributed by atoms with Crippen LogP contribution < -0.4 is 4.74 Å². The molecule has 36 heavy (non-hydrogen) atoms. The zero-order valence-electron chi connectivity index (χ0n) is 22.7. The molecule has 3 nitrogen and oxygen atoms in total. The molecule has 1 saturated carbocycles. The first-order valence-corrected chi connectivity index (χ1v) is 12.9. The Balaban J connectivity index is 1.62. The van der Waals surface area contributed by atoms with Crippen LogP contribution >= 0.6 is 0 Å². The molecule has 0 aromatic heterocycles. The van der Waals surface area contributed by atoms with Gasteiger partial charge in [-0.25, -0.2) is 0 Å². The van der Waals surface area contributed by atoms with E-state index in [0.717, 1.165) is 16.9 Å². The van der Waals surface area contributed by atoms with Crippen LogP contribution in [0.4, 0.5) is 0 Å². The van der Waals surface area contributed by atoms with Gasteiger partial charge in [-0.15, -0.1) is 0 Å². The molecule has 0 N–H and O–H groups in total. The van der Waals surface area contributed by atoms with E-state index < -0.39 is 0 Å². The molecular weight excluding hydrogens is 444 g/mol. The number of rotatable bonds is 7. The minimum Gasteiger partial charge on any atom is -0.497 e. The highest BCUT2D eigenvalue weighted by atomic mass is 16.5. The minimum absolute atomic E-state index is 0.0714. The second-order valence-corrected chi connectivity index (χ2v) is 10.8. The van der Waals surface area contributed by atoms with E-state index in [1.165, 1.54) is 36.0 Å². The molecule has 3 heteroatoms. The zero-order valence-corrected chi connectivity index (χ0v) is 22.7. The number of hydrogen-bond acceptors (Lipinski definition) is 3. The highest BCUT2D eigenvalue weighted by molar-refractivity contribution is 6.22. The maximum absolute atomic E-state index is 12.7. The second-order valence-electron chi connectivity index (χ2n) is 10.8. The van der Waals surface area contributed by atoms with Gasteiger partial charge in [0.15, 0.2) is 11.6 Å². The average Bonchev–Trinajstić information content (AvgIpc) is 2.82. The van der Waals surface area contributed by atoms with Crippen LogP contribution in [0.3, 0.4) is 0 Å². The van der Waals surface area contributed by atoms with Crippen molar-refractivity contribution in [2.75, 3.05) is 7.11 Å². The van der Waals surface area contributed by atoms with E-state index >= 15 is 0 Å². The summed E-state index contributed by atoms with van der Waals surface area (Å²) < 4.78 is 5.20. The monoisotopic (exact) mass is 484 g/mol. The topological polar surface area (TPSA) is 43.4 Å². The number of allylic oxidation sites excluding steroid dienone is 12. The molecule has 0 heterocycles. The van der Waals surface area contributed by atoms with Crippen molar-refractivity contribution < 1.29 is 14.3 Å². The first-order chi connectivity index (χ1) is 17.1. The van der Waals surface area contributed by atoms with E-state index in [4.69, 9.17) is 4.74 Å². The van der Waals surface area contributed by atoms with Gasteiger partial charge < -0.3 is 4.74 Å². The Morgan fingerprint density at radius 3 is 2.22 bits per heavy atom. The number of benzene rings is 1. The van der Waals surface area contributed by atoms with Gasteiger partial charge in [-0.3, -0.25) is 9.59 Å². The van der Waals surface area contributed by atoms with Crippen LogP contribution in [0.15, 0.2) is 94.7 Å². The number of Topliss-reactive ketones (excluding diaryl/α,β-unsaturated/α-hetero) is 2. The van der Waals surface area contributed by atoms with E-state index in [9.17, 15) is 9.59 Å².